The Morgan fingerprint density at radius 3 is 2.37 bits per heavy atom. The third-order valence-corrected chi connectivity index (χ3v) is 3.76. The van der Waals surface area contributed by atoms with Gasteiger partial charge in [-0.05, 0) is 30.6 Å². The first-order valence-corrected chi connectivity index (χ1v) is 7.09. The number of carboxylic acids is 1. The number of urea groups is 1. The molecule has 5 heteroatoms. The summed E-state index contributed by atoms with van der Waals surface area (Å²) in [6, 6.07) is -1.03. The summed E-state index contributed by atoms with van der Waals surface area (Å²) in [4.78, 5) is 24.9. The van der Waals surface area contributed by atoms with Gasteiger partial charge in [-0.25, -0.2) is 9.59 Å². The third-order valence-electron chi connectivity index (χ3n) is 3.76. The third kappa shape index (κ3) is 4.73. The highest BCUT2D eigenvalue weighted by atomic mass is 16.4. The minimum atomic E-state index is -0.957. The van der Waals surface area contributed by atoms with Crippen molar-refractivity contribution in [3.05, 3.63) is 0 Å². The fourth-order valence-corrected chi connectivity index (χ4v) is 2.45. The van der Waals surface area contributed by atoms with Crippen molar-refractivity contribution >= 4 is 12.0 Å². The van der Waals surface area contributed by atoms with Crippen LogP contribution < -0.4 is 5.32 Å². The Hall–Kier alpha value is -1.26. The van der Waals surface area contributed by atoms with Crippen molar-refractivity contribution in [2.45, 2.75) is 46.6 Å². The summed E-state index contributed by atoms with van der Waals surface area (Å²) in [5.74, 6) is 0.368. The topological polar surface area (TPSA) is 69.6 Å². The number of carboxylic acid groups (broad SMARTS) is 1. The molecule has 0 bridgehead atoms. The molecule has 2 N–H and O–H groups in total. The Bertz CT molecular complexity index is 329. The van der Waals surface area contributed by atoms with Crippen LogP contribution in [0, 0.1) is 17.8 Å². The van der Waals surface area contributed by atoms with Crippen LogP contribution in [0.1, 0.15) is 40.5 Å². The number of nitrogens with one attached hydrogen (secondary N) is 1. The molecule has 0 spiro atoms. The highest BCUT2D eigenvalue weighted by Crippen LogP contribution is 2.23. The molecule has 1 unspecified atom stereocenters. The largest absolute Gasteiger partial charge is 0.480 e. The summed E-state index contributed by atoms with van der Waals surface area (Å²) in [6.45, 7) is 9.68. The molecule has 1 fully saturated rings. The smallest absolute Gasteiger partial charge is 0.326 e. The standard InChI is InChI=1S/C14H26N2O3/c1-9(2)7-12(13(17)18)15-14(19)16-6-5-11(8-16)10(3)4/h9-12H,5-8H2,1-4H3,(H,15,19)(H,17,18)/t11?,12-/m0/s1. The SMILES string of the molecule is CC(C)C[C@H](NC(=O)N1CCC(C(C)C)C1)C(=O)O. The molecule has 110 valence electrons. The predicted octanol–water partition coefficient (Wildman–Crippen LogP) is 2.17. The normalized spacial score (nSPS) is 20.9. The van der Waals surface area contributed by atoms with Crippen LogP contribution >= 0.6 is 0 Å². The molecule has 1 heterocycles. The van der Waals surface area contributed by atoms with E-state index in [0.29, 0.717) is 18.3 Å². The van der Waals surface area contributed by atoms with Gasteiger partial charge in [-0.15, -0.1) is 0 Å². The van der Waals surface area contributed by atoms with Crippen molar-refractivity contribution in [1.29, 1.82) is 0 Å². The van der Waals surface area contributed by atoms with Crippen LogP contribution in [0.5, 0.6) is 0 Å². The van der Waals surface area contributed by atoms with Crippen molar-refractivity contribution in [3.8, 4) is 0 Å². The van der Waals surface area contributed by atoms with Crippen molar-refractivity contribution < 1.29 is 14.7 Å². The lowest BCUT2D eigenvalue weighted by molar-refractivity contribution is -0.139. The molecule has 2 amide bonds. The summed E-state index contributed by atoms with van der Waals surface area (Å²) in [5, 5.41) is 11.8. The first-order chi connectivity index (χ1) is 8.81. The van der Waals surface area contributed by atoms with Gasteiger partial charge in [0.2, 0.25) is 0 Å². The Balaban J connectivity index is 2.51. The number of likely N-dealkylation sites (tertiary alicyclic amines) is 1. The summed E-state index contributed by atoms with van der Waals surface area (Å²) >= 11 is 0. The van der Waals surface area contributed by atoms with Gasteiger partial charge in [0.15, 0.2) is 0 Å². The van der Waals surface area contributed by atoms with Crippen LogP contribution in [0.15, 0.2) is 0 Å². The van der Waals surface area contributed by atoms with Gasteiger partial charge in [-0.2, -0.15) is 0 Å². The maximum atomic E-state index is 12.1. The Labute approximate surface area is 115 Å². The second kappa shape index (κ2) is 6.78. The van der Waals surface area contributed by atoms with Gasteiger partial charge in [0.05, 0.1) is 0 Å². The number of amides is 2. The summed E-state index contributed by atoms with van der Waals surface area (Å²) < 4.78 is 0. The molecule has 0 aromatic carbocycles. The Morgan fingerprint density at radius 2 is 1.95 bits per heavy atom. The number of carbonyl (C=O) groups excluding carboxylic acids is 1. The summed E-state index contributed by atoms with van der Waals surface area (Å²) in [6.07, 6.45) is 1.47. The van der Waals surface area contributed by atoms with Crippen molar-refractivity contribution in [3.63, 3.8) is 0 Å². The highest BCUT2D eigenvalue weighted by Gasteiger charge is 2.30. The number of rotatable bonds is 5. The molecule has 0 radical (unpaired) electrons. The molecule has 2 atom stereocenters. The van der Waals surface area contributed by atoms with Crippen LogP contribution in [-0.2, 0) is 4.79 Å². The van der Waals surface area contributed by atoms with Crippen LogP contribution in [0.25, 0.3) is 0 Å². The first kappa shape index (κ1) is 15.8. The molecule has 0 aromatic rings. The van der Waals surface area contributed by atoms with Crippen LogP contribution in [0.2, 0.25) is 0 Å². The zero-order valence-corrected chi connectivity index (χ0v) is 12.3. The van der Waals surface area contributed by atoms with E-state index in [4.69, 9.17) is 5.11 Å². The summed E-state index contributed by atoms with van der Waals surface area (Å²) in [5.41, 5.74) is 0. The van der Waals surface area contributed by atoms with Gasteiger partial charge >= 0.3 is 12.0 Å². The molecule has 1 saturated heterocycles. The van der Waals surface area contributed by atoms with Crippen LogP contribution in [0.4, 0.5) is 4.79 Å². The molecule has 1 aliphatic rings. The van der Waals surface area contributed by atoms with Gasteiger partial charge < -0.3 is 15.3 Å². The molecular weight excluding hydrogens is 244 g/mol. The van der Waals surface area contributed by atoms with Crippen LogP contribution in [0.3, 0.4) is 0 Å². The molecular formula is C14H26N2O3. The van der Waals surface area contributed by atoms with E-state index in [1.807, 2.05) is 13.8 Å². The molecule has 5 nitrogen and oxygen atoms in total. The van der Waals surface area contributed by atoms with Gasteiger partial charge in [0.25, 0.3) is 0 Å². The number of hydrogen-bond acceptors (Lipinski definition) is 2. The van der Waals surface area contributed by atoms with E-state index in [1.54, 1.807) is 4.90 Å². The van der Waals surface area contributed by atoms with Gasteiger partial charge in [0, 0.05) is 13.1 Å². The van der Waals surface area contributed by atoms with Crippen LogP contribution in [-0.4, -0.2) is 41.1 Å². The molecule has 0 aromatic heterocycles. The molecule has 1 aliphatic heterocycles. The minimum Gasteiger partial charge on any atom is -0.480 e. The van der Waals surface area contributed by atoms with Gasteiger partial charge in [-0.1, -0.05) is 27.7 Å². The molecule has 19 heavy (non-hydrogen) atoms. The fourth-order valence-electron chi connectivity index (χ4n) is 2.45. The Morgan fingerprint density at radius 1 is 1.32 bits per heavy atom. The quantitative estimate of drug-likeness (QED) is 0.804. The zero-order chi connectivity index (χ0) is 14.6. The maximum absolute atomic E-state index is 12.1. The maximum Gasteiger partial charge on any atom is 0.326 e. The van der Waals surface area contributed by atoms with E-state index in [2.05, 4.69) is 19.2 Å². The van der Waals surface area contributed by atoms with E-state index < -0.39 is 12.0 Å². The number of nitrogens with zero attached hydrogens (tertiary/aromatic N) is 1. The average Bonchev–Trinajstić information content (AvgIpc) is 2.76. The lowest BCUT2D eigenvalue weighted by atomic mass is 9.95. The number of hydrogen-bond donors (Lipinski definition) is 2. The Kier molecular flexibility index (Phi) is 5.63. The second-order valence-electron chi connectivity index (χ2n) is 6.21. The van der Waals surface area contributed by atoms with E-state index >= 15 is 0 Å². The predicted molar refractivity (Wildman–Crippen MR) is 73.9 cm³/mol. The van der Waals surface area contributed by atoms with Gasteiger partial charge in [-0.3, -0.25) is 0 Å². The van der Waals surface area contributed by atoms with E-state index in [-0.39, 0.29) is 11.9 Å². The lowest BCUT2D eigenvalue weighted by Gasteiger charge is -2.22. The zero-order valence-electron chi connectivity index (χ0n) is 12.3. The minimum absolute atomic E-state index is 0.239. The highest BCUT2D eigenvalue weighted by molar-refractivity contribution is 5.82. The number of carbonyl (C=O) groups is 2. The van der Waals surface area contributed by atoms with Crippen molar-refractivity contribution in [2.24, 2.45) is 17.8 Å². The monoisotopic (exact) mass is 270 g/mol. The lowest BCUT2D eigenvalue weighted by Crippen LogP contribution is -2.47. The van der Waals surface area contributed by atoms with E-state index in [1.165, 1.54) is 0 Å². The number of aliphatic carboxylic acids is 1. The molecule has 0 saturated carbocycles. The van der Waals surface area contributed by atoms with Crippen molar-refractivity contribution in [2.75, 3.05) is 13.1 Å². The molecule has 1 rings (SSSR count). The summed E-state index contributed by atoms with van der Waals surface area (Å²) in [7, 11) is 0. The average molecular weight is 270 g/mol. The van der Waals surface area contributed by atoms with Crippen molar-refractivity contribution in [1.82, 2.24) is 10.2 Å². The van der Waals surface area contributed by atoms with Gasteiger partial charge in [0.1, 0.15) is 6.04 Å². The van der Waals surface area contributed by atoms with E-state index in [0.717, 1.165) is 19.5 Å². The first-order valence-electron chi connectivity index (χ1n) is 7.09. The second-order valence-corrected chi connectivity index (χ2v) is 6.21. The van der Waals surface area contributed by atoms with E-state index in [9.17, 15) is 9.59 Å². The fraction of sp³-hybridized carbons (Fsp3) is 0.857. The molecule has 0 aliphatic carbocycles.